The number of anilines is 2. The SMILES string of the molecule is Cc1ccc(CNc2ccc(C(=O)Nc3ccccc3F)nn2)cc1. The number of hydrogen-bond donors (Lipinski definition) is 2. The lowest BCUT2D eigenvalue weighted by molar-refractivity contribution is 0.102. The maximum absolute atomic E-state index is 13.6. The van der Waals surface area contributed by atoms with Crippen LogP contribution in [0.15, 0.2) is 60.7 Å². The predicted molar refractivity (Wildman–Crippen MR) is 94.9 cm³/mol. The van der Waals surface area contributed by atoms with Crippen LogP contribution < -0.4 is 10.6 Å². The number of carbonyl (C=O) groups is 1. The second-order valence-electron chi connectivity index (χ2n) is 5.58. The summed E-state index contributed by atoms with van der Waals surface area (Å²) in [6.07, 6.45) is 0. The fourth-order valence-electron chi connectivity index (χ4n) is 2.20. The number of para-hydroxylation sites is 1. The molecule has 1 amide bonds. The monoisotopic (exact) mass is 336 g/mol. The zero-order valence-corrected chi connectivity index (χ0v) is 13.7. The van der Waals surface area contributed by atoms with E-state index in [2.05, 4.69) is 20.8 Å². The first-order valence-corrected chi connectivity index (χ1v) is 7.81. The highest BCUT2D eigenvalue weighted by Crippen LogP contribution is 2.14. The smallest absolute Gasteiger partial charge is 0.276 e. The van der Waals surface area contributed by atoms with Crippen molar-refractivity contribution in [3.8, 4) is 0 Å². The lowest BCUT2D eigenvalue weighted by Crippen LogP contribution is -2.15. The minimum atomic E-state index is -0.511. The van der Waals surface area contributed by atoms with Crippen LogP contribution in [0.3, 0.4) is 0 Å². The van der Waals surface area contributed by atoms with Gasteiger partial charge in [-0.05, 0) is 36.8 Å². The van der Waals surface area contributed by atoms with Crippen LogP contribution in [0.25, 0.3) is 0 Å². The Bertz CT molecular complexity index is 863. The minimum absolute atomic E-state index is 0.107. The van der Waals surface area contributed by atoms with Gasteiger partial charge in [-0.1, -0.05) is 42.0 Å². The molecule has 0 radical (unpaired) electrons. The number of amides is 1. The second-order valence-corrected chi connectivity index (χ2v) is 5.58. The fraction of sp³-hybridized carbons (Fsp3) is 0.105. The third kappa shape index (κ3) is 4.38. The first kappa shape index (κ1) is 16.6. The van der Waals surface area contributed by atoms with E-state index in [1.807, 2.05) is 31.2 Å². The van der Waals surface area contributed by atoms with Gasteiger partial charge in [-0.3, -0.25) is 4.79 Å². The Hall–Kier alpha value is -3.28. The molecule has 2 aromatic carbocycles. The molecule has 126 valence electrons. The number of aryl methyl sites for hydroxylation is 1. The summed E-state index contributed by atoms with van der Waals surface area (Å²) < 4.78 is 13.6. The van der Waals surface area contributed by atoms with Crippen molar-refractivity contribution in [2.75, 3.05) is 10.6 Å². The van der Waals surface area contributed by atoms with Gasteiger partial charge in [0.05, 0.1) is 5.69 Å². The molecule has 0 unspecified atom stereocenters. The third-order valence-corrected chi connectivity index (χ3v) is 3.61. The van der Waals surface area contributed by atoms with Crippen LogP contribution in [0.4, 0.5) is 15.9 Å². The van der Waals surface area contributed by atoms with E-state index < -0.39 is 11.7 Å². The summed E-state index contributed by atoms with van der Waals surface area (Å²) in [6, 6.07) is 17.3. The van der Waals surface area contributed by atoms with Crippen LogP contribution >= 0.6 is 0 Å². The predicted octanol–water partition coefficient (Wildman–Crippen LogP) is 3.79. The summed E-state index contributed by atoms with van der Waals surface area (Å²) >= 11 is 0. The van der Waals surface area contributed by atoms with Gasteiger partial charge < -0.3 is 10.6 Å². The highest BCUT2D eigenvalue weighted by Gasteiger charge is 2.11. The maximum Gasteiger partial charge on any atom is 0.276 e. The molecule has 1 heterocycles. The summed E-state index contributed by atoms with van der Waals surface area (Å²) in [6.45, 7) is 2.64. The van der Waals surface area contributed by atoms with Crippen molar-refractivity contribution in [3.05, 3.63) is 83.3 Å². The van der Waals surface area contributed by atoms with Crippen LogP contribution in [-0.4, -0.2) is 16.1 Å². The average Bonchev–Trinajstić information content (AvgIpc) is 2.63. The molecule has 2 N–H and O–H groups in total. The molecule has 0 fully saturated rings. The van der Waals surface area contributed by atoms with E-state index in [0.717, 1.165) is 5.56 Å². The van der Waals surface area contributed by atoms with Crippen LogP contribution in [0.1, 0.15) is 21.6 Å². The molecule has 0 aliphatic heterocycles. The van der Waals surface area contributed by atoms with Gasteiger partial charge in [-0.25, -0.2) is 4.39 Å². The molecule has 0 spiro atoms. The van der Waals surface area contributed by atoms with Crippen molar-refractivity contribution in [1.29, 1.82) is 0 Å². The first-order valence-electron chi connectivity index (χ1n) is 7.81. The molecule has 3 aromatic rings. The molecule has 6 heteroatoms. The molecule has 0 atom stereocenters. The Balaban J connectivity index is 1.60. The number of rotatable bonds is 5. The Morgan fingerprint density at radius 1 is 1.00 bits per heavy atom. The molecule has 0 saturated carbocycles. The quantitative estimate of drug-likeness (QED) is 0.744. The van der Waals surface area contributed by atoms with E-state index in [-0.39, 0.29) is 11.4 Å². The number of nitrogens with zero attached hydrogens (tertiary/aromatic N) is 2. The molecule has 1 aromatic heterocycles. The summed E-state index contributed by atoms with van der Waals surface area (Å²) in [5, 5.41) is 13.5. The number of benzene rings is 2. The van der Waals surface area contributed by atoms with Gasteiger partial charge in [-0.2, -0.15) is 0 Å². The van der Waals surface area contributed by atoms with Crippen LogP contribution in [0, 0.1) is 12.7 Å². The Morgan fingerprint density at radius 2 is 1.76 bits per heavy atom. The van der Waals surface area contributed by atoms with Crippen molar-refractivity contribution < 1.29 is 9.18 Å². The average molecular weight is 336 g/mol. The molecule has 0 aliphatic carbocycles. The topological polar surface area (TPSA) is 66.9 Å². The van der Waals surface area contributed by atoms with E-state index in [9.17, 15) is 9.18 Å². The largest absolute Gasteiger partial charge is 0.365 e. The van der Waals surface area contributed by atoms with E-state index in [1.165, 1.54) is 17.7 Å². The number of aromatic nitrogens is 2. The number of hydrogen-bond acceptors (Lipinski definition) is 4. The summed E-state index contributed by atoms with van der Waals surface area (Å²) in [4.78, 5) is 12.1. The number of halogens is 1. The molecule has 25 heavy (non-hydrogen) atoms. The summed E-state index contributed by atoms with van der Waals surface area (Å²) in [7, 11) is 0. The molecule has 0 bridgehead atoms. The van der Waals surface area contributed by atoms with E-state index >= 15 is 0 Å². The lowest BCUT2D eigenvalue weighted by atomic mass is 10.1. The van der Waals surface area contributed by atoms with Gasteiger partial charge >= 0.3 is 0 Å². The van der Waals surface area contributed by atoms with Crippen molar-refractivity contribution >= 4 is 17.4 Å². The standard InChI is InChI=1S/C19H17FN4O/c1-13-6-8-14(9-7-13)12-21-18-11-10-17(23-24-18)19(25)22-16-5-3-2-4-15(16)20/h2-11H,12H2,1H3,(H,21,24)(H,22,25). The van der Waals surface area contributed by atoms with E-state index in [4.69, 9.17) is 0 Å². The highest BCUT2D eigenvalue weighted by molar-refractivity contribution is 6.02. The molecule has 3 rings (SSSR count). The van der Waals surface area contributed by atoms with E-state index in [0.29, 0.717) is 12.4 Å². The molecule has 0 saturated heterocycles. The van der Waals surface area contributed by atoms with Crippen molar-refractivity contribution in [2.45, 2.75) is 13.5 Å². The zero-order valence-electron chi connectivity index (χ0n) is 13.7. The highest BCUT2D eigenvalue weighted by atomic mass is 19.1. The van der Waals surface area contributed by atoms with Crippen LogP contribution in [0.2, 0.25) is 0 Å². The van der Waals surface area contributed by atoms with Crippen LogP contribution in [-0.2, 0) is 6.54 Å². The molecular formula is C19H17FN4O. The second kappa shape index (κ2) is 7.53. The Morgan fingerprint density at radius 3 is 2.44 bits per heavy atom. The van der Waals surface area contributed by atoms with Gasteiger partial charge in [0.2, 0.25) is 0 Å². The van der Waals surface area contributed by atoms with Gasteiger partial charge in [0.1, 0.15) is 11.6 Å². The molecular weight excluding hydrogens is 319 g/mol. The number of nitrogens with one attached hydrogen (secondary N) is 2. The minimum Gasteiger partial charge on any atom is -0.365 e. The number of carbonyl (C=O) groups excluding carboxylic acids is 1. The van der Waals surface area contributed by atoms with Gasteiger partial charge in [0.15, 0.2) is 5.69 Å². The lowest BCUT2D eigenvalue weighted by Gasteiger charge is -2.07. The van der Waals surface area contributed by atoms with Crippen LogP contribution in [0.5, 0.6) is 0 Å². The van der Waals surface area contributed by atoms with Crippen molar-refractivity contribution in [3.63, 3.8) is 0 Å². The van der Waals surface area contributed by atoms with Gasteiger partial charge in [0, 0.05) is 6.54 Å². The van der Waals surface area contributed by atoms with Crippen molar-refractivity contribution in [1.82, 2.24) is 10.2 Å². The summed E-state index contributed by atoms with van der Waals surface area (Å²) in [5.41, 5.74) is 2.54. The zero-order chi connectivity index (χ0) is 17.6. The summed E-state index contributed by atoms with van der Waals surface area (Å²) in [5.74, 6) is -0.453. The normalized spacial score (nSPS) is 10.3. The Labute approximate surface area is 144 Å². The Kier molecular flexibility index (Phi) is 4.99. The fourth-order valence-corrected chi connectivity index (χ4v) is 2.20. The maximum atomic E-state index is 13.6. The molecule has 5 nitrogen and oxygen atoms in total. The first-order chi connectivity index (χ1) is 12.1. The van der Waals surface area contributed by atoms with Gasteiger partial charge in [0.25, 0.3) is 5.91 Å². The molecule has 0 aliphatic rings. The third-order valence-electron chi connectivity index (χ3n) is 3.61. The van der Waals surface area contributed by atoms with Crippen molar-refractivity contribution in [2.24, 2.45) is 0 Å². The van der Waals surface area contributed by atoms with E-state index in [1.54, 1.807) is 24.3 Å². The van der Waals surface area contributed by atoms with Gasteiger partial charge in [-0.15, -0.1) is 10.2 Å².